The molecule has 0 bridgehead atoms. The van der Waals surface area contributed by atoms with Gasteiger partial charge in [-0.15, -0.1) is 0 Å². The summed E-state index contributed by atoms with van der Waals surface area (Å²) in [5.41, 5.74) is -0.00817. The Labute approximate surface area is 117 Å². The van der Waals surface area contributed by atoms with Crippen LogP contribution in [0.4, 0.5) is 0 Å². The van der Waals surface area contributed by atoms with Crippen LogP contribution < -0.4 is 0 Å². The molecule has 0 spiro atoms. The molecule has 0 unspecified atom stereocenters. The van der Waals surface area contributed by atoms with Crippen molar-refractivity contribution >= 4 is 11.9 Å². The van der Waals surface area contributed by atoms with Crippen molar-refractivity contribution in [2.45, 2.75) is 19.3 Å². The highest BCUT2D eigenvalue weighted by Gasteiger charge is 2.20. The fourth-order valence-corrected chi connectivity index (χ4v) is 2.26. The first-order valence-electron chi connectivity index (χ1n) is 6.73. The summed E-state index contributed by atoms with van der Waals surface area (Å²) in [4.78, 5) is 24.4. The van der Waals surface area contributed by atoms with Crippen LogP contribution in [-0.4, -0.2) is 48.7 Å². The third kappa shape index (κ3) is 3.60. The standard InChI is InChI=1S/C14H19NO5/c1-15(5-2-10-3-6-19-7-4-10)13(16)12-8-11(9-20-12)14(17)18/h8-10H,2-7H2,1H3,(H,17,18). The summed E-state index contributed by atoms with van der Waals surface area (Å²) >= 11 is 0. The molecule has 1 fully saturated rings. The first-order chi connectivity index (χ1) is 9.58. The summed E-state index contributed by atoms with van der Waals surface area (Å²) in [6.07, 6.45) is 4.08. The Kier molecular flexibility index (Phi) is 4.79. The van der Waals surface area contributed by atoms with E-state index < -0.39 is 5.97 Å². The number of carboxylic acids is 1. The molecule has 0 radical (unpaired) electrons. The van der Waals surface area contributed by atoms with Gasteiger partial charge in [-0.25, -0.2) is 4.79 Å². The molecule has 0 atom stereocenters. The zero-order chi connectivity index (χ0) is 14.5. The Hall–Kier alpha value is -1.82. The van der Waals surface area contributed by atoms with Gasteiger partial charge in [0.1, 0.15) is 6.26 Å². The van der Waals surface area contributed by atoms with E-state index in [1.165, 1.54) is 6.07 Å². The molecule has 2 heterocycles. The van der Waals surface area contributed by atoms with Crippen LogP contribution >= 0.6 is 0 Å². The van der Waals surface area contributed by atoms with E-state index in [0.29, 0.717) is 12.5 Å². The second kappa shape index (κ2) is 6.56. The van der Waals surface area contributed by atoms with E-state index in [9.17, 15) is 9.59 Å². The van der Waals surface area contributed by atoms with Crippen LogP contribution in [-0.2, 0) is 4.74 Å². The average Bonchev–Trinajstić information content (AvgIpc) is 2.95. The van der Waals surface area contributed by atoms with Crippen LogP contribution in [0.2, 0.25) is 0 Å². The molecule has 110 valence electrons. The Balaban J connectivity index is 1.85. The van der Waals surface area contributed by atoms with E-state index in [-0.39, 0.29) is 17.2 Å². The summed E-state index contributed by atoms with van der Waals surface area (Å²) in [5.74, 6) is -0.732. The maximum atomic E-state index is 12.1. The number of furan rings is 1. The van der Waals surface area contributed by atoms with Gasteiger partial charge in [0.25, 0.3) is 5.91 Å². The predicted molar refractivity (Wildman–Crippen MR) is 70.8 cm³/mol. The van der Waals surface area contributed by atoms with E-state index in [1.807, 2.05) is 0 Å². The molecule has 20 heavy (non-hydrogen) atoms. The van der Waals surface area contributed by atoms with Gasteiger partial charge in [-0.3, -0.25) is 4.79 Å². The molecule has 1 aromatic heterocycles. The highest BCUT2D eigenvalue weighted by Crippen LogP contribution is 2.19. The lowest BCUT2D eigenvalue weighted by Gasteiger charge is -2.24. The molecule has 6 heteroatoms. The first-order valence-corrected chi connectivity index (χ1v) is 6.73. The predicted octanol–water partition coefficient (Wildman–Crippen LogP) is 1.87. The quantitative estimate of drug-likeness (QED) is 0.891. The van der Waals surface area contributed by atoms with Crippen molar-refractivity contribution in [1.82, 2.24) is 4.90 Å². The lowest BCUT2D eigenvalue weighted by atomic mass is 9.96. The lowest BCUT2D eigenvalue weighted by molar-refractivity contribution is 0.0576. The Morgan fingerprint density at radius 3 is 2.70 bits per heavy atom. The van der Waals surface area contributed by atoms with Gasteiger partial charge in [0.2, 0.25) is 0 Å². The lowest BCUT2D eigenvalue weighted by Crippen LogP contribution is -2.29. The average molecular weight is 281 g/mol. The number of carbonyl (C=O) groups excluding carboxylic acids is 1. The third-order valence-electron chi connectivity index (χ3n) is 3.62. The van der Waals surface area contributed by atoms with Gasteiger partial charge in [0.05, 0.1) is 5.56 Å². The summed E-state index contributed by atoms with van der Waals surface area (Å²) in [7, 11) is 1.70. The monoisotopic (exact) mass is 281 g/mol. The molecule has 1 amide bonds. The minimum absolute atomic E-state index is 0.00817. The highest BCUT2D eigenvalue weighted by atomic mass is 16.5. The zero-order valence-corrected chi connectivity index (χ0v) is 11.5. The van der Waals surface area contributed by atoms with Crippen molar-refractivity contribution in [3.63, 3.8) is 0 Å². The SMILES string of the molecule is CN(CCC1CCOCC1)C(=O)c1cc(C(=O)O)co1. The number of aromatic carboxylic acids is 1. The molecule has 1 N–H and O–H groups in total. The van der Waals surface area contributed by atoms with E-state index in [2.05, 4.69) is 0 Å². The molecular formula is C14H19NO5. The van der Waals surface area contributed by atoms with E-state index in [4.69, 9.17) is 14.3 Å². The minimum Gasteiger partial charge on any atom is -0.478 e. The normalized spacial score (nSPS) is 16.1. The van der Waals surface area contributed by atoms with Crippen LogP contribution in [0.15, 0.2) is 16.7 Å². The smallest absolute Gasteiger partial charge is 0.338 e. The molecule has 1 aromatic rings. The maximum Gasteiger partial charge on any atom is 0.338 e. The number of ether oxygens (including phenoxy) is 1. The zero-order valence-electron chi connectivity index (χ0n) is 11.5. The van der Waals surface area contributed by atoms with Crippen molar-refractivity contribution in [1.29, 1.82) is 0 Å². The first kappa shape index (κ1) is 14.6. The Morgan fingerprint density at radius 1 is 1.40 bits per heavy atom. The van der Waals surface area contributed by atoms with Crippen LogP contribution in [0.3, 0.4) is 0 Å². The molecule has 1 aliphatic rings. The largest absolute Gasteiger partial charge is 0.478 e. The van der Waals surface area contributed by atoms with Gasteiger partial charge in [-0.05, 0) is 25.2 Å². The molecule has 1 aliphatic heterocycles. The van der Waals surface area contributed by atoms with Gasteiger partial charge in [-0.2, -0.15) is 0 Å². The molecule has 2 rings (SSSR count). The molecule has 6 nitrogen and oxygen atoms in total. The van der Waals surface area contributed by atoms with Gasteiger partial charge < -0.3 is 19.2 Å². The number of rotatable bonds is 5. The number of amides is 1. The summed E-state index contributed by atoms with van der Waals surface area (Å²) in [6.45, 7) is 2.22. The van der Waals surface area contributed by atoms with Gasteiger partial charge in [-0.1, -0.05) is 0 Å². The molecule has 0 aromatic carbocycles. The molecule has 1 saturated heterocycles. The van der Waals surface area contributed by atoms with E-state index in [0.717, 1.165) is 38.7 Å². The fraction of sp³-hybridized carbons (Fsp3) is 0.571. The van der Waals surface area contributed by atoms with Crippen molar-refractivity contribution < 1.29 is 23.8 Å². The van der Waals surface area contributed by atoms with Gasteiger partial charge >= 0.3 is 5.97 Å². The fourth-order valence-electron chi connectivity index (χ4n) is 2.26. The van der Waals surface area contributed by atoms with Crippen LogP contribution in [0.1, 0.15) is 40.2 Å². The topological polar surface area (TPSA) is 80.0 Å². The second-order valence-electron chi connectivity index (χ2n) is 5.08. The number of nitrogens with zero attached hydrogens (tertiary/aromatic N) is 1. The number of hydrogen-bond acceptors (Lipinski definition) is 4. The Morgan fingerprint density at radius 2 is 2.10 bits per heavy atom. The summed E-state index contributed by atoms with van der Waals surface area (Å²) in [6, 6.07) is 1.26. The molecule has 0 aliphatic carbocycles. The number of carboxylic acid groups (broad SMARTS) is 1. The van der Waals surface area contributed by atoms with Crippen LogP contribution in [0, 0.1) is 5.92 Å². The van der Waals surface area contributed by atoms with Crippen LogP contribution in [0.5, 0.6) is 0 Å². The van der Waals surface area contributed by atoms with E-state index >= 15 is 0 Å². The van der Waals surface area contributed by atoms with Crippen molar-refractivity contribution in [2.24, 2.45) is 5.92 Å². The highest BCUT2D eigenvalue weighted by molar-refractivity contribution is 5.95. The van der Waals surface area contributed by atoms with Crippen molar-refractivity contribution in [2.75, 3.05) is 26.8 Å². The minimum atomic E-state index is -1.10. The maximum absolute atomic E-state index is 12.1. The van der Waals surface area contributed by atoms with Crippen molar-refractivity contribution in [3.8, 4) is 0 Å². The Bertz CT molecular complexity index is 476. The number of carbonyl (C=O) groups is 2. The summed E-state index contributed by atoms with van der Waals surface area (Å²) in [5, 5.41) is 8.80. The van der Waals surface area contributed by atoms with Gasteiger partial charge in [0.15, 0.2) is 5.76 Å². The van der Waals surface area contributed by atoms with Gasteiger partial charge in [0, 0.05) is 32.9 Å². The van der Waals surface area contributed by atoms with Crippen molar-refractivity contribution in [3.05, 3.63) is 23.7 Å². The molecular weight excluding hydrogens is 262 g/mol. The number of hydrogen-bond donors (Lipinski definition) is 1. The second-order valence-corrected chi connectivity index (χ2v) is 5.08. The summed E-state index contributed by atoms with van der Waals surface area (Å²) < 4.78 is 10.3. The third-order valence-corrected chi connectivity index (χ3v) is 3.62. The van der Waals surface area contributed by atoms with Crippen LogP contribution in [0.25, 0.3) is 0 Å². The van der Waals surface area contributed by atoms with E-state index in [1.54, 1.807) is 11.9 Å². The molecule has 0 saturated carbocycles.